The Balaban J connectivity index is 2.06. The second-order valence-electron chi connectivity index (χ2n) is 5.53. The Morgan fingerprint density at radius 2 is 2.14 bits per heavy atom. The number of nitrogens with two attached hydrogens (primary N) is 2. The Kier molecular flexibility index (Phi) is 4.78. The fourth-order valence-corrected chi connectivity index (χ4v) is 3.92. The maximum Gasteiger partial charge on any atom is 0.352 e. The van der Waals surface area contributed by atoms with Crippen LogP contribution in [0.5, 0.6) is 0 Å². The number of carbonyl (C=O) groups is 3. The van der Waals surface area contributed by atoms with Gasteiger partial charge in [-0.15, -0.1) is 0 Å². The normalized spacial score (nSPS) is 26.5. The molecule has 1 saturated heterocycles. The van der Waals surface area contributed by atoms with E-state index in [0.717, 1.165) is 0 Å². The van der Waals surface area contributed by atoms with Crippen LogP contribution in [0.2, 0.25) is 0 Å². The van der Waals surface area contributed by atoms with Crippen LogP contribution in [-0.4, -0.2) is 62.6 Å². The SMILES string of the molecule is CC(O)C1C(=O)N2C(C(=O)O)=C(CSCC(N)C(N)=O)CC12. The average molecular weight is 329 g/mol. The van der Waals surface area contributed by atoms with Crippen LogP contribution in [0.1, 0.15) is 13.3 Å². The second-order valence-corrected chi connectivity index (χ2v) is 6.56. The molecule has 0 saturated carbocycles. The van der Waals surface area contributed by atoms with E-state index in [2.05, 4.69) is 0 Å². The predicted octanol–water partition coefficient (Wildman–Crippen LogP) is -1.52. The molecule has 2 aliphatic heterocycles. The second kappa shape index (κ2) is 6.27. The Labute approximate surface area is 131 Å². The minimum absolute atomic E-state index is 0.00736. The number of rotatable bonds is 7. The molecule has 2 amide bonds. The molecule has 22 heavy (non-hydrogen) atoms. The summed E-state index contributed by atoms with van der Waals surface area (Å²) in [5.41, 5.74) is 11.2. The quantitative estimate of drug-likeness (QED) is 0.415. The largest absolute Gasteiger partial charge is 0.477 e. The highest BCUT2D eigenvalue weighted by Crippen LogP contribution is 2.44. The lowest BCUT2D eigenvalue weighted by molar-refractivity contribution is -0.161. The van der Waals surface area contributed by atoms with Gasteiger partial charge in [0.1, 0.15) is 5.70 Å². The number of primary amides is 1. The molecule has 0 aromatic carbocycles. The summed E-state index contributed by atoms with van der Waals surface area (Å²) in [4.78, 5) is 35.5. The molecular weight excluding hydrogens is 310 g/mol. The van der Waals surface area contributed by atoms with E-state index >= 15 is 0 Å². The molecule has 2 heterocycles. The lowest BCUT2D eigenvalue weighted by atomic mass is 9.83. The molecule has 122 valence electrons. The number of aliphatic hydroxyl groups is 1. The Hall–Kier alpha value is -1.58. The molecule has 0 aromatic rings. The number of β-lactam (4-membered cyclic amide) rings is 1. The smallest absolute Gasteiger partial charge is 0.352 e. The zero-order valence-electron chi connectivity index (χ0n) is 12.1. The van der Waals surface area contributed by atoms with Crippen molar-refractivity contribution < 1.29 is 24.6 Å². The van der Waals surface area contributed by atoms with Crippen LogP contribution >= 0.6 is 11.8 Å². The van der Waals surface area contributed by atoms with E-state index in [1.165, 1.54) is 23.6 Å². The highest BCUT2D eigenvalue weighted by molar-refractivity contribution is 7.99. The van der Waals surface area contributed by atoms with Gasteiger partial charge >= 0.3 is 5.97 Å². The van der Waals surface area contributed by atoms with Crippen molar-refractivity contribution >= 4 is 29.5 Å². The molecule has 2 rings (SSSR count). The van der Waals surface area contributed by atoms with Gasteiger partial charge in [-0.3, -0.25) is 9.59 Å². The third-order valence-electron chi connectivity index (χ3n) is 3.96. The predicted molar refractivity (Wildman–Crippen MR) is 79.6 cm³/mol. The Bertz CT molecular complexity index is 548. The summed E-state index contributed by atoms with van der Waals surface area (Å²) in [6.45, 7) is 1.53. The molecule has 0 spiro atoms. The molecule has 0 bridgehead atoms. The first-order chi connectivity index (χ1) is 10.3. The monoisotopic (exact) mass is 329 g/mol. The van der Waals surface area contributed by atoms with Crippen LogP contribution < -0.4 is 11.5 Å². The van der Waals surface area contributed by atoms with E-state index in [-0.39, 0.29) is 23.4 Å². The van der Waals surface area contributed by atoms with E-state index in [9.17, 15) is 24.6 Å². The van der Waals surface area contributed by atoms with Gasteiger partial charge < -0.3 is 26.6 Å². The number of aliphatic hydroxyl groups excluding tert-OH is 1. The number of amides is 2. The Morgan fingerprint density at radius 3 is 2.64 bits per heavy atom. The van der Waals surface area contributed by atoms with Crippen molar-refractivity contribution in [2.75, 3.05) is 11.5 Å². The van der Waals surface area contributed by atoms with Crippen LogP contribution in [0.3, 0.4) is 0 Å². The number of carboxylic acids is 1. The van der Waals surface area contributed by atoms with Crippen LogP contribution in [-0.2, 0) is 14.4 Å². The van der Waals surface area contributed by atoms with Gasteiger partial charge in [-0.05, 0) is 18.9 Å². The number of hydrogen-bond acceptors (Lipinski definition) is 6. The van der Waals surface area contributed by atoms with Crippen molar-refractivity contribution in [1.82, 2.24) is 4.90 Å². The minimum atomic E-state index is -1.16. The molecule has 9 heteroatoms. The van der Waals surface area contributed by atoms with Crippen molar-refractivity contribution in [3.8, 4) is 0 Å². The van der Waals surface area contributed by atoms with E-state index < -0.39 is 29.9 Å². The first kappa shape index (κ1) is 16.8. The maximum atomic E-state index is 12.0. The Morgan fingerprint density at radius 1 is 1.50 bits per heavy atom. The van der Waals surface area contributed by atoms with Crippen molar-refractivity contribution in [1.29, 1.82) is 0 Å². The maximum absolute atomic E-state index is 12.0. The molecule has 0 aliphatic carbocycles. The number of aliphatic carboxylic acids is 1. The van der Waals surface area contributed by atoms with Crippen LogP contribution in [0.25, 0.3) is 0 Å². The van der Waals surface area contributed by atoms with E-state index in [0.29, 0.717) is 17.7 Å². The lowest BCUT2D eigenvalue weighted by Gasteiger charge is -2.44. The third-order valence-corrected chi connectivity index (χ3v) is 5.11. The van der Waals surface area contributed by atoms with Gasteiger partial charge in [0.25, 0.3) is 0 Å². The molecular formula is C13H19N3O5S. The minimum Gasteiger partial charge on any atom is -0.477 e. The number of thioether (sulfide) groups is 1. The molecule has 6 N–H and O–H groups in total. The van der Waals surface area contributed by atoms with Crippen LogP contribution in [0.4, 0.5) is 0 Å². The summed E-state index contributed by atoms with van der Waals surface area (Å²) < 4.78 is 0. The molecule has 0 radical (unpaired) electrons. The van der Waals surface area contributed by atoms with Gasteiger partial charge in [0.15, 0.2) is 0 Å². The van der Waals surface area contributed by atoms with Gasteiger partial charge in [0.05, 0.1) is 24.1 Å². The number of fused-ring (bicyclic) bond motifs is 1. The first-order valence-electron chi connectivity index (χ1n) is 6.84. The van der Waals surface area contributed by atoms with E-state index in [1.807, 2.05) is 0 Å². The highest BCUT2D eigenvalue weighted by Gasteiger charge is 2.56. The van der Waals surface area contributed by atoms with Gasteiger partial charge in [-0.1, -0.05) is 0 Å². The van der Waals surface area contributed by atoms with Crippen molar-refractivity contribution in [2.24, 2.45) is 17.4 Å². The molecule has 8 nitrogen and oxygen atoms in total. The van der Waals surface area contributed by atoms with E-state index in [4.69, 9.17) is 11.5 Å². The zero-order chi connectivity index (χ0) is 16.6. The van der Waals surface area contributed by atoms with E-state index in [1.54, 1.807) is 0 Å². The molecule has 4 atom stereocenters. The topological polar surface area (TPSA) is 147 Å². The van der Waals surface area contributed by atoms with Crippen molar-refractivity contribution in [2.45, 2.75) is 31.5 Å². The standard InChI is InChI=1S/C13H19N3O5S/c1-5(17)9-8-2-6(3-22-4-7(14)11(15)18)10(13(20)21)16(8)12(9)19/h5,7-9,17H,2-4,14H2,1H3,(H2,15,18)(H,20,21). The fraction of sp³-hybridized carbons (Fsp3) is 0.615. The van der Waals surface area contributed by atoms with Crippen LogP contribution in [0.15, 0.2) is 11.3 Å². The zero-order valence-corrected chi connectivity index (χ0v) is 12.9. The van der Waals surface area contributed by atoms with Gasteiger partial charge in [0, 0.05) is 11.5 Å². The molecule has 0 aromatic heterocycles. The highest BCUT2D eigenvalue weighted by atomic mass is 32.2. The van der Waals surface area contributed by atoms with Crippen molar-refractivity contribution in [3.05, 3.63) is 11.3 Å². The fourth-order valence-electron chi connectivity index (χ4n) is 2.88. The van der Waals surface area contributed by atoms with Gasteiger partial charge in [-0.25, -0.2) is 4.79 Å². The third kappa shape index (κ3) is 2.83. The average Bonchev–Trinajstić information content (AvgIpc) is 2.72. The summed E-state index contributed by atoms with van der Waals surface area (Å²) in [6.07, 6.45) is -0.388. The van der Waals surface area contributed by atoms with Gasteiger partial charge in [-0.2, -0.15) is 11.8 Å². The summed E-state index contributed by atoms with van der Waals surface area (Å²) in [5.74, 6) is -2.04. The molecule has 4 unspecified atom stereocenters. The van der Waals surface area contributed by atoms with Crippen molar-refractivity contribution in [3.63, 3.8) is 0 Å². The molecule has 2 aliphatic rings. The number of carboxylic acid groups (broad SMARTS) is 1. The van der Waals surface area contributed by atoms with Gasteiger partial charge in [0.2, 0.25) is 11.8 Å². The lowest BCUT2D eigenvalue weighted by Crippen LogP contribution is -2.61. The summed E-state index contributed by atoms with van der Waals surface area (Å²) in [7, 11) is 0. The number of hydrogen-bond donors (Lipinski definition) is 4. The summed E-state index contributed by atoms with van der Waals surface area (Å²) in [5, 5.41) is 18.9. The summed E-state index contributed by atoms with van der Waals surface area (Å²) >= 11 is 1.30. The number of nitrogens with zero attached hydrogens (tertiary/aromatic N) is 1. The first-order valence-corrected chi connectivity index (χ1v) is 8.00. The molecule has 1 fully saturated rings. The van der Waals surface area contributed by atoms with Crippen LogP contribution in [0, 0.1) is 5.92 Å². The summed E-state index contributed by atoms with van der Waals surface area (Å²) in [6, 6.07) is -1.08. The number of carbonyl (C=O) groups excluding carboxylic acids is 2.